The predicted octanol–water partition coefficient (Wildman–Crippen LogP) is 4.20. The molecule has 3 rings (SSSR count). The number of carbonyl (C=O) groups excluding carboxylic acids is 1. The van der Waals surface area contributed by atoms with E-state index in [-0.39, 0.29) is 6.42 Å². The van der Waals surface area contributed by atoms with Gasteiger partial charge in [0.05, 0.1) is 5.41 Å². The molecule has 0 fully saturated rings. The fourth-order valence-electron chi connectivity index (χ4n) is 3.31. The van der Waals surface area contributed by atoms with Crippen LogP contribution < -0.4 is 5.32 Å². The van der Waals surface area contributed by atoms with Crippen LogP contribution in [0.15, 0.2) is 53.4 Å². The molecule has 0 heterocycles. The molecule has 1 amide bonds. The van der Waals surface area contributed by atoms with Gasteiger partial charge in [0.25, 0.3) is 5.76 Å². The number of carboxylic acids is 1. The number of thioether (sulfide) groups is 1. The van der Waals surface area contributed by atoms with Gasteiger partial charge in [0.15, 0.2) is 0 Å². The topological polar surface area (TPSA) is 66.4 Å². The van der Waals surface area contributed by atoms with Gasteiger partial charge in [-0.05, 0) is 42.2 Å². The summed E-state index contributed by atoms with van der Waals surface area (Å²) in [5, 5.41) is 12.4. The highest BCUT2D eigenvalue weighted by molar-refractivity contribution is 7.99. The van der Waals surface area contributed by atoms with Crippen LogP contribution in [0.5, 0.6) is 0 Å². The monoisotopic (exact) mass is 377 g/mol. The SMILES string of the molecule is O=C(CC1(C(=O)O)Cc2ccccc2C1)Nc1cccc(SC(F)F)c1. The molecule has 136 valence electrons. The van der Waals surface area contributed by atoms with Gasteiger partial charge >= 0.3 is 5.97 Å². The van der Waals surface area contributed by atoms with Crippen LogP contribution in [-0.4, -0.2) is 22.7 Å². The molecule has 1 aliphatic carbocycles. The third-order valence-electron chi connectivity index (χ3n) is 4.47. The predicted molar refractivity (Wildman–Crippen MR) is 95.5 cm³/mol. The van der Waals surface area contributed by atoms with E-state index in [1.807, 2.05) is 24.3 Å². The smallest absolute Gasteiger partial charge is 0.310 e. The zero-order valence-corrected chi connectivity index (χ0v) is 14.6. The van der Waals surface area contributed by atoms with Crippen LogP contribution in [0.25, 0.3) is 0 Å². The molecule has 7 heteroatoms. The molecule has 1 aliphatic rings. The number of benzene rings is 2. The molecule has 0 saturated carbocycles. The summed E-state index contributed by atoms with van der Waals surface area (Å²) in [5.41, 5.74) is 1.08. The van der Waals surface area contributed by atoms with Crippen molar-refractivity contribution >= 4 is 29.3 Å². The van der Waals surface area contributed by atoms with Crippen molar-refractivity contribution in [3.05, 3.63) is 59.7 Å². The average molecular weight is 377 g/mol. The number of aliphatic carboxylic acids is 1. The fraction of sp³-hybridized carbons (Fsp3) is 0.263. The number of rotatable bonds is 6. The summed E-state index contributed by atoms with van der Waals surface area (Å²) in [6.07, 6.45) is 0.420. The van der Waals surface area contributed by atoms with Gasteiger partial charge in [-0.25, -0.2) is 0 Å². The number of fused-ring (bicyclic) bond motifs is 1. The lowest BCUT2D eigenvalue weighted by Gasteiger charge is -2.23. The fourth-order valence-corrected chi connectivity index (χ4v) is 3.87. The third-order valence-corrected chi connectivity index (χ3v) is 5.18. The van der Waals surface area contributed by atoms with E-state index in [0.29, 0.717) is 35.2 Å². The molecule has 0 aliphatic heterocycles. The molecule has 0 atom stereocenters. The Morgan fingerprint density at radius 1 is 1.12 bits per heavy atom. The zero-order valence-electron chi connectivity index (χ0n) is 13.7. The van der Waals surface area contributed by atoms with Crippen molar-refractivity contribution in [2.45, 2.75) is 29.9 Å². The van der Waals surface area contributed by atoms with Crippen LogP contribution in [0.1, 0.15) is 17.5 Å². The first-order valence-electron chi connectivity index (χ1n) is 8.03. The van der Waals surface area contributed by atoms with Gasteiger partial charge in [-0.3, -0.25) is 9.59 Å². The van der Waals surface area contributed by atoms with Gasteiger partial charge in [0.1, 0.15) is 0 Å². The minimum atomic E-state index is -2.55. The van der Waals surface area contributed by atoms with Crippen LogP contribution in [0.2, 0.25) is 0 Å². The molecule has 0 radical (unpaired) electrons. The summed E-state index contributed by atoms with van der Waals surface area (Å²) in [6.45, 7) is 0. The van der Waals surface area contributed by atoms with Crippen LogP contribution >= 0.6 is 11.8 Å². The number of alkyl halides is 2. The van der Waals surface area contributed by atoms with Gasteiger partial charge in [0, 0.05) is 17.0 Å². The maximum Gasteiger partial charge on any atom is 0.310 e. The number of anilines is 1. The van der Waals surface area contributed by atoms with Crippen molar-refractivity contribution in [2.24, 2.45) is 5.41 Å². The van der Waals surface area contributed by atoms with Gasteiger partial charge in [0.2, 0.25) is 5.91 Å². The van der Waals surface area contributed by atoms with E-state index >= 15 is 0 Å². The molecule has 0 unspecified atom stereocenters. The summed E-state index contributed by atoms with van der Waals surface area (Å²) in [4.78, 5) is 24.7. The molecule has 2 N–H and O–H groups in total. The van der Waals surface area contributed by atoms with Crippen molar-refractivity contribution < 1.29 is 23.5 Å². The van der Waals surface area contributed by atoms with E-state index in [0.717, 1.165) is 11.1 Å². The van der Waals surface area contributed by atoms with Crippen molar-refractivity contribution in [2.75, 3.05) is 5.32 Å². The molecule has 4 nitrogen and oxygen atoms in total. The Bertz CT molecular complexity index is 816. The highest BCUT2D eigenvalue weighted by atomic mass is 32.2. The Hall–Kier alpha value is -2.41. The van der Waals surface area contributed by atoms with Gasteiger partial charge < -0.3 is 10.4 Å². The van der Waals surface area contributed by atoms with E-state index in [1.54, 1.807) is 12.1 Å². The highest BCUT2D eigenvalue weighted by Gasteiger charge is 2.45. The first-order valence-corrected chi connectivity index (χ1v) is 8.91. The summed E-state index contributed by atoms with van der Waals surface area (Å²) < 4.78 is 24.9. The van der Waals surface area contributed by atoms with Crippen molar-refractivity contribution in [1.82, 2.24) is 0 Å². The standard InChI is InChI=1S/C19H17F2NO3S/c20-18(21)26-15-7-3-6-14(8-15)22-16(23)11-19(17(24)25)9-12-4-1-2-5-13(12)10-19/h1-8,18H,9-11H2,(H,22,23)(H,24,25). The van der Waals surface area contributed by atoms with Crippen LogP contribution in [-0.2, 0) is 22.4 Å². The lowest BCUT2D eigenvalue weighted by atomic mass is 9.81. The molecular formula is C19H17F2NO3S. The summed E-state index contributed by atoms with van der Waals surface area (Å²) in [5.74, 6) is -4.00. The van der Waals surface area contributed by atoms with Gasteiger partial charge in [-0.15, -0.1) is 0 Å². The van der Waals surface area contributed by atoms with E-state index in [1.165, 1.54) is 12.1 Å². The lowest BCUT2D eigenvalue weighted by Crippen LogP contribution is -2.36. The molecule has 0 saturated heterocycles. The lowest BCUT2D eigenvalue weighted by molar-refractivity contribution is -0.150. The molecule has 0 aromatic heterocycles. The molecular weight excluding hydrogens is 360 g/mol. The quantitative estimate of drug-likeness (QED) is 0.741. The summed E-state index contributed by atoms with van der Waals surface area (Å²) >= 11 is 0.390. The Morgan fingerprint density at radius 3 is 2.35 bits per heavy atom. The van der Waals surface area contributed by atoms with Crippen molar-refractivity contribution in [3.63, 3.8) is 0 Å². The van der Waals surface area contributed by atoms with E-state index in [4.69, 9.17) is 0 Å². The third kappa shape index (κ3) is 4.04. The van der Waals surface area contributed by atoms with E-state index in [9.17, 15) is 23.5 Å². The minimum absolute atomic E-state index is 0.177. The normalized spacial score (nSPS) is 14.9. The Kier molecular flexibility index (Phi) is 5.27. The molecule has 2 aromatic carbocycles. The van der Waals surface area contributed by atoms with Crippen LogP contribution in [0.3, 0.4) is 0 Å². The number of hydrogen-bond acceptors (Lipinski definition) is 3. The van der Waals surface area contributed by atoms with E-state index in [2.05, 4.69) is 5.32 Å². The second-order valence-corrected chi connectivity index (χ2v) is 7.40. The second-order valence-electron chi connectivity index (χ2n) is 6.34. The summed E-state index contributed by atoms with van der Waals surface area (Å²) in [7, 11) is 0. The highest BCUT2D eigenvalue weighted by Crippen LogP contribution is 2.40. The first kappa shape index (κ1) is 18.4. The number of carboxylic acid groups (broad SMARTS) is 1. The largest absolute Gasteiger partial charge is 0.481 e. The molecule has 26 heavy (non-hydrogen) atoms. The zero-order chi connectivity index (χ0) is 18.7. The van der Waals surface area contributed by atoms with Crippen molar-refractivity contribution in [1.29, 1.82) is 0 Å². The molecule has 0 bridgehead atoms. The maximum atomic E-state index is 12.5. The van der Waals surface area contributed by atoms with Crippen LogP contribution in [0, 0.1) is 5.41 Å². The minimum Gasteiger partial charge on any atom is -0.481 e. The number of carbonyl (C=O) groups is 2. The first-order chi connectivity index (χ1) is 12.4. The van der Waals surface area contributed by atoms with Crippen molar-refractivity contribution in [3.8, 4) is 0 Å². The van der Waals surface area contributed by atoms with Gasteiger partial charge in [-0.2, -0.15) is 8.78 Å². The number of amides is 1. The molecule has 2 aromatic rings. The number of halogens is 2. The van der Waals surface area contributed by atoms with E-state index < -0.39 is 23.0 Å². The second kappa shape index (κ2) is 7.45. The van der Waals surface area contributed by atoms with Crippen LogP contribution in [0.4, 0.5) is 14.5 Å². The number of hydrogen-bond donors (Lipinski definition) is 2. The Labute approximate surface area is 153 Å². The maximum absolute atomic E-state index is 12.5. The molecule has 0 spiro atoms. The van der Waals surface area contributed by atoms with Gasteiger partial charge in [-0.1, -0.05) is 42.1 Å². The Morgan fingerprint density at radius 2 is 1.77 bits per heavy atom. The average Bonchev–Trinajstić information content (AvgIpc) is 2.93. The number of nitrogens with one attached hydrogen (secondary N) is 1. The Balaban J connectivity index is 1.72. The summed E-state index contributed by atoms with van der Waals surface area (Å²) in [6, 6.07) is 13.6.